The van der Waals surface area contributed by atoms with Crippen molar-refractivity contribution < 1.29 is 4.79 Å². The molecule has 0 atom stereocenters. The Hall–Kier alpha value is -2.92. The number of rotatable bonds is 6. The second kappa shape index (κ2) is 8.45. The Morgan fingerprint density at radius 3 is 2.35 bits per heavy atom. The number of benzene rings is 2. The number of anilines is 1. The third-order valence-corrected chi connectivity index (χ3v) is 4.11. The third kappa shape index (κ3) is 5.04. The van der Waals surface area contributed by atoms with E-state index in [1.165, 1.54) is 11.9 Å². The summed E-state index contributed by atoms with van der Waals surface area (Å²) in [5.41, 5.74) is 3.62. The molecule has 0 saturated heterocycles. The van der Waals surface area contributed by atoms with Crippen LogP contribution in [-0.4, -0.2) is 15.9 Å². The van der Waals surface area contributed by atoms with Gasteiger partial charge < -0.3 is 10.6 Å². The van der Waals surface area contributed by atoms with Gasteiger partial charge in [-0.05, 0) is 30.2 Å². The summed E-state index contributed by atoms with van der Waals surface area (Å²) in [6.07, 6.45) is 1.38. The summed E-state index contributed by atoms with van der Waals surface area (Å²) in [4.78, 5) is 20.5. The fraction of sp³-hybridized carbons (Fsp3) is 0.150. The minimum Gasteiger partial charge on any atom is -0.366 e. The van der Waals surface area contributed by atoms with Crippen molar-refractivity contribution in [2.24, 2.45) is 0 Å². The molecule has 0 fully saturated rings. The summed E-state index contributed by atoms with van der Waals surface area (Å²) in [7, 11) is 0. The van der Waals surface area contributed by atoms with Crippen LogP contribution in [0.2, 0.25) is 5.02 Å². The highest BCUT2D eigenvalue weighted by Gasteiger charge is 2.08. The standard InChI is InChI=1S/C20H19ClN4O/c1-14-2-4-15(5-3-14)12-23-20(26)18-10-19(25-13-24-18)22-11-16-6-8-17(21)9-7-16/h2-10,13H,11-12H2,1H3,(H,23,26)(H,22,24,25). The summed E-state index contributed by atoms with van der Waals surface area (Å²) in [6.45, 7) is 3.07. The molecule has 0 aliphatic heterocycles. The molecule has 132 valence electrons. The number of nitrogens with zero attached hydrogens (tertiary/aromatic N) is 2. The van der Waals surface area contributed by atoms with Gasteiger partial charge in [-0.25, -0.2) is 9.97 Å². The largest absolute Gasteiger partial charge is 0.366 e. The third-order valence-electron chi connectivity index (χ3n) is 3.86. The highest BCUT2D eigenvalue weighted by molar-refractivity contribution is 6.30. The number of nitrogens with one attached hydrogen (secondary N) is 2. The van der Waals surface area contributed by atoms with E-state index in [9.17, 15) is 4.79 Å². The number of hydrogen-bond donors (Lipinski definition) is 2. The van der Waals surface area contributed by atoms with Crippen molar-refractivity contribution in [3.63, 3.8) is 0 Å². The van der Waals surface area contributed by atoms with Gasteiger partial charge in [0.25, 0.3) is 5.91 Å². The van der Waals surface area contributed by atoms with Crippen LogP contribution in [0.15, 0.2) is 60.9 Å². The van der Waals surface area contributed by atoms with E-state index >= 15 is 0 Å². The number of halogens is 1. The molecule has 6 heteroatoms. The fourth-order valence-corrected chi connectivity index (χ4v) is 2.48. The van der Waals surface area contributed by atoms with E-state index in [0.29, 0.717) is 29.6 Å². The van der Waals surface area contributed by atoms with Gasteiger partial charge in [0.1, 0.15) is 17.8 Å². The fourth-order valence-electron chi connectivity index (χ4n) is 2.35. The lowest BCUT2D eigenvalue weighted by Gasteiger charge is -2.08. The van der Waals surface area contributed by atoms with Gasteiger partial charge in [-0.2, -0.15) is 0 Å². The Kier molecular flexibility index (Phi) is 5.81. The van der Waals surface area contributed by atoms with Gasteiger partial charge in [0, 0.05) is 24.2 Å². The van der Waals surface area contributed by atoms with Gasteiger partial charge in [-0.15, -0.1) is 0 Å². The molecule has 0 radical (unpaired) electrons. The molecule has 0 spiro atoms. The van der Waals surface area contributed by atoms with E-state index in [2.05, 4.69) is 20.6 Å². The molecule has 0 unspecified atom stereocenters. The van der Waals surface area contributed by atoms with Gasteiger partial charge in [0.05, 0.1) is 0 Å². The minimum absolute atomic E-state index is 0.234. The predicted molar refractivity (Wildman–Crippen MR) is 103 cm³/mol. The Morgan fingerprint density at radius 2 is 1.62 bits per heavy atom. The van der Waals surface area contributed by atoms with E-state index in [1.807, 2.05) is 55.5 Å². The Bertz CT molecular complexity index is 879. The maximum Gasteiger partial charge on any atom is 0.270 e. The predicted octanol–water partition coefficient (Wildman–Crippen LogP) is 3.98. The van der Waals surface area contributed by atoms with Crippen molar-refractivity contribution >= 4 is 23.3 Å². The zero-order valence-electron chi connectivity index (χ0n) is 14.4. The number of hydrogen-bond acceptors (Lipinski definition) is 4. The summed E-state index contributed by atoms with van der Waals surface area (Å²) in [5.74, 6) is 0.359. The van der Waals surface area contributed by atoms with E-state index in [4.69, 9.17) is 11.6 Å². The molecule has 5 nitrogen and oxygen atoms in total. The molecular formula is C20H19ClN4O. The summed E-state index contributed by atoms with van der Waals surface area (Å²) in [6, 6.07) is 17.2. The average Bonchev–Trinajstić information content (AvgIpc) is 2.67. The van der Waals surface area contributed by atoms with Crippen LogP contribution in [0.25, 0.3) is 0 Å². The van der Waals surface area contributed by atoms with E-state index in [1.54, 1.807) is 6.07 Å². The minimum atomic E-state index is -0.234. The second-order valence-electron chi connectivity index (χ2n) is 5.94. The number of carbonyl (C=O) groups excluding carboxylic acids is 1. The molecule has 3 rings (SSSR count). The van der Waals surface area contributed by atoms with E-state index < -0.39 is 0 Å². The summed E-state index contributed by atoms with van der Waals surface area (Å²) < 4.78 is 0. The topological polar surface area (TPSA) is 66.9 Å². The van der Waals surface area contributed by atoms with Crippen LogP contribution in [0.5, 0.6) is 0 Å². The molecule has 3 aromatic rings. The molecule has 0 aliphatic carbocycles. The molecule has 1 amide bonds. The zero-order chi connectivity index (χ0) is 18.4. The van der Waals surface area contributed by atoms with Gasteiger partial charge in [-0.3, -0.25) is 4.79 Å². The number of amides is 1. The highest BCUT2D eigenvalue weighted by Crippen LogP contribution is 2.12. The average molecular weight is 367 g/mol. The normalized spacial score (nSPS) is 10.4. The molecule has 2 N–H and O–H groups in total. The molecule has 0 saturated carbocycles. The van der Waals surface area contributed by atoms with Gasteiger partial charge in [0.2, 0.25) is 0 Å². The van der Waals surface area contributed by atoms with Crippen LogP contribution in [0, 0.1) is 6.92 Å². The van der Waals surface area contributed by atoms with Crippen molar-refractivity contribution in [3.8, 4) is 0 Å². The number of aryl methyl sites for hydroxylation is 1. The van der Waals surface area contributed by atoms with Crippen LogP contribution >= 0.6 is 11.6 Å². The smallest absolute Gasteiger partial charge is 0.270 e. The number of carbonyl (C=O) groups is 1. The molecular weight excluding hydrogens is 348 g/mol. The van der Waals surface area contributed by atoms with Crippen molar-refractivity contribution in [2.75, 3.05) is 5.32 Å². The van der Waals surface area contributed by atoms with Crippen molar-refractivity contribution in [1.29, 1.82) is 0 Å². The molecule has 0 bridgehead atoms. The lowest BCUT2D eigenvalue weighted by molar-refractivity contribution is 0.0946. The van der Waals surface area contributed by atoms with Crippen LogP contribution in [0.1, 0.15) is 27.2 Å². The Balaban J connectivity index is 1.58. The Labute approximate surface area is 157 Å². The first-order valence-electron chi connectivity index (χ1n) is 8.24. The molecule has 0 aliphatic rings. The maximum absolute atomic E-state index is 12.3. The summed E-state index contributed by atoms with van der Waals surface area (Å²) >= 11 is 5.88. The highest BCUT2D eigenvalue weighted by atomic mass is 35.5. The van der Waals surface area contributed by atoms with Gasteiger partial charge in [0.15, 0.2) is 0 Å². The van der Waals surface area contributed by atoms with Crippen LogP contribution < -0.4 is 10.6 Å². The second-order valence-corrected chi connectivity index (χ2v) is 6.37. The molecule has 1 heterocycles. The first-order valence-corrected chi connectivity index (χ1v) is 8.62. The van der Waals surface area contributed by atoms with Gasteiger partial charge >= 0.3 is 0 Å². The van der Waals surface area contributed by atoms with Crippen molar-refractivity contribution in [1.82, 2.24) is 15.3 Å². The van der Waals surface area contributed by atoms with E-state index in [0.717, 1.165) is 11.1 Å². The quantitative estimate of drug-likeness (QED) is 0.692. The molecule has 1 aromatic heterocycles. The SMILES string of the molecule is Cc1ccc(CNC(=O)c2cc(NCc3ccc(Cl)cc3)ncn2)cc1. The Morgan fingerprint density at radius 1 is 0.962 bits per heavy atom. The number of aromatic nitrogens is 2. The molecule has 2 aromatic carbocycles. The lowest BCUT2D eigenvalue weighted by atomic mass is 10.1. The van der Waals surface area contributed by atoms with E-state index in [-0.39, 0.29) is 5.91 Å². The van der Waals surface area contributed by atoms with Gasteiger partial charge in [-0.1, -0.05) is 53.6 Å². The van der Waals surface area contributed by atoms with Crippen molar-refractivity contribution in [3.05, 3.63) is 88.3 Å². The monoisotopic (exact) mass is 366 g/mol. The molecule has 26 heavy (non-hydrogen) atoms. The first-order chi connectivity index (χ1) is 12.6. The van der Waals surface area contributed by atoms with Crippen LogP contribution in [0.4, 0.5) is 5.82 Å². The lowest BCUT2D eigenvalue weighted by Crippen LogP contribution is -2.24. The zero-order valence-corrected chi connectivity index (χ0v) is 15.1. The first kappa shape index (κ1) is 17.9. The maximum atomic E-state index is 12.3. The van der Waals surface area contributed by atoms with Crippen LogP contribution in [0.3, 0.4) is 0 Å². The van der Waals surface area contributed by atoms with Crippen LogP contribution in [-0.2, 0) is 13.1 Å². The van der Waals surface area contributed by atoms with Crippen molar-refractivity contribution in [2.45, 2.75) is 20.0 Å². The summed E-state index contributed by atoms with van der Waals surface area (Å²) in [5, 5.41) is 6.75.